The Balaban J connectivity index is 1.54. The summed E-state index contributed by atoms with van der Waals surface area (Å²) in [4.78, 5) is 33.0. The SMILES string of the molecule is COc1cc([C@@H]2C3=C(C[C@@H](C)[C@]4(Oc5c(Cl)c(OC)cc(OC)c5C4=O)C3=O)Nc3ncnn32)ccc1O. The predicted octanol–water partition coefficient (Wildman–Crippen LogP) is 3.55. The van der Waals surface area contributed by atoms with Crippen LogP contribution < -0.4 is 24.3 Å². The number of phenolic OH excluding ortho intramolecular Hbond substituents is 1. The molecule has 3 heterocycles. The fraction of sp³-hybridized carbons (Fsp3) is 0.308. The van der Waals surface area contributed by atoms with Gasteiger partial charge < -0.3 is 29.4 Å². The fourth-order valence-electron chi connectivity index (χ4n) is 5.56. The van der Waals surface area contributed by atoms with Gasteiger partial charge in [0, 0.05) is 23.3 Å². The molecule has 1 spiro atoms. The summed E-state index contributed by atoms with van der Waals surface area (Å²) in [6.45, 7) is 1.78. The minimum atomic E-state index is -1.89. The molecule has 3 aromatic rings. The van der Waals surface area contributed by atoms with Crippen molar-refractivity contribution in [2.24, 2.45) is 5.92 Å². The van der Waals surface area contributed by atoms with Gasteiger partial charge >= 0.3 is 0 Å². The van der Waals surface area contributed by atoms with Crippen LogP contribution in [-0.2, 0) is 4.79 Å². The molecular formula is C26H23ClN4O7. The standard InChI is InChI=1S/C26H23ClN4O7/c1-11-7-13-18(21(31-25(30-13)28-10-29-31)12-5-6-14(32)15(8-12)35-2)23(33)26(11)24(34)19-16(36-3)9-17(37-4)20(27)22(19)38-26/h5-6,8-11,21,32H,7H2,1-4H3,(H,28,29,30)/t11-,21-,26+/m1/s1. The number of ether oxygens (including phenoxy) is 4. The highest BCUT2D eigenvalue weighted by Gasteiger charge is 2.63. The summed E-state index contributed by atoms with van der Waals surface area (Å²) in [6, 6.07) is 5.49. The van der Waals surface area contributed by atoms with Crippen molar-refractivity contribution in [1.82, 2.24) is 14.8 Å². The largest absolute Gasteiger partial charge is 0.504 e. The second kappa shape index (κ2) is 8.38. The Hall–Kier alpha value is -4.25. The van der Waals surface area contributed by atoms with Gasteiger partial charge in [0.2, 0.25) is 23.1 Å². The zero-order chi connectivity index (χ0) is 26.9. The van der Waals surface area contributed by atoms with Crippen molar-refractivity contribution in [3.63, 3.8) is 0 Å². The average molecular weight is 539 g/mol. The van der Waals surface area contributed by atoms with Crippen LogP contribution >= 0.6 is 11.6 Å². The molecule has 2 aromatic carbocycles. The van der Waals surface area contributed by atoms with Crippen molar-refractivity contribution in [2.45, 2.75) is 25.0 Å². The molecule has 11 nitrogen and oxygen atoms in total. The molecule has 38 heavy (non-hydrogen) atoms. The minimum Gasteiger partial charge on any atom is -0.504 e. The van der Waals surface area contributed by atoms with E-state index in [4.69, 9.17) is 30.5 Å². The number of benzene rings is 2. The van der Waals surface area contributed by atoms with Gasteiger partial charge in [0.15, 0.2) is 17.2 Å². The van der Waals surface area contributed by atoms with Gasteiger partial charge in [0.1, 0.15) is 34.5 Å². The number of anilines is 1. The number of halogens is 1. The molecule has 2 N–H and O–H groups in total. The van der Waals surface area contributed by atoms with Crippen LogP contribution in [0, 0.1) is 5.92 Å². The Morgan fingerprint density at radius 1 is 1.11 bits per heavy atom. The molecule has 0 bridgehead atoms. The molecule has 2 aliphatic heterocycles. The Morgan fingerprint density at radius 3 is 2.55 bits per heavy atom. The van der Waals surface area contributed by atoms with E-state index in [0.717, 1.165) is 0 Å². The maximum absolute atomic E-state index is 14.6. The summed E-state index contributed by atoms with van der Waals surface area (Å²) in [5.74, 6) is -0.541. The van der Waals surface area contributed by atoms with Crippen molar-refractivity contribution in [2.75, 3.05) is 26.6 Å². The monoisotopic (exact) mass is 538 g/mol. The number of nitrogens with zero attached hydrogens (tertiary/aromatic N) is 3. The number of carbonyl (C=O) groups is 2. The summed E-state index contributed by atoms with van der Waals surface area (Å²) in [5.41, 5.74) is -0.302. The molecule has 0 saturated heterocycles. The van der Waals surface area contributed by atoms with E-state index in [9.17, 15) is 14.7 Å². The molecule has 1 aromatic heterocycles. The number of carbonyl (C=O) groups excluding carboxylic acids is 2. The van der Waals surface area contributed by atoms with Gasteiger partial charge in [-0.15, -0.1) is 0 Å². The molecule has 0 amide bonds. The Labute approximate surface area is 221 Å². The third-order valence-corrected chi connectivity index (χ3v) is 7.76. The Kier molecular flexibility index (Phi) is 5.32. The summed E-state index contributed by atoms with van der Waals surface area (Å²) >= 11 is 6.56. The van der Waals surface area contributed by atoms with E-state index in [1.807, 2.05) is 0 Å². The van der Waals surface area contributed by atoms with Crippen LogP contribution in [0.25, 0.3) is 0 Å². The van der Waals surface area contributed by atoms with Crippen molar-refractivity contribution in [3.05, 3.63) is 58.0 Å². The molecule has 1 aliphatic carbocycles. The fourth-order valence-corrected chi connectivity index (χ4v) is 5.83. The van der Waals surface area contributed by atoms with E-state index in [0.29, 0.717) is 23.6 Å². The van der Waals surface area contributed by atoms with E-state index >= 15 is 0 Å². The highest BCUT2D eigenvalue weighted by molar-refractivity contribution is 6.36. The van der Waals surface area contributed by atoms with Crippen LogP contribution in [0.5, 0.6) is 28.7 Å². The maximum atomic E-state index is 14.6. The molecule has 0 saturated carbocycles. The number of methoxy groups -OCH3 is 3. The first-order chi connectivity index (χ1) is 18.3. The van der Waals surface area contributed by atoms with Gasteiger partial charge in [0.05, 0.1) is 21.3 Å². The molecule has 6 rings (SSSR count). The van der Waals surface area contributed by atoms with Crippen molar-refractivity contribution in [1.29, 1.82) is 0 Å². The van der Waals surface area contributed by atoms with Gasteiger partial charge in [-0.2, -0.15) is 10.1 Å². The van der Waals surface area contributed by atoms with Crippen LogP contribution in [0.2, 0.25) is 5.02 Å². The van der Waals surface area contributed by atoms with Gasteiger partial charge in [-0.05, 0) is 24.1 Å². The minimum absolute atomic E-state index is 0.0465. The number of nitrogens with one attached hydrogen (secondary N) is 1. The smallest absolute Gasteiger partial charge is 0.236 e. The van der Waals surface area contributed by atoms with E-state index in [-0.39, 0.29) is 44.9 Å². The first-order valence-electron chi connectivity index (χ1n) is 11.8. The van der Waals surface area contributed by atoms with E-state index in [2.05, 4.69) is 15.4 Å². The Bertz CT molecular complexity index is 1570. The number of rotatable bonds is 4. The number of Topliss-reactive ketones (excluding diaryl/α,β-unsaturated/α-hetero) is 2. The first kappa shape index (κ1) is 24.1. The second-order valence-electron chi connectivity index (χ2n) is 9.28. The van der Waals surface area contributed by atoms with Crippen molar-refractivity contribution in [3.8, 4) is 28.7 Å². The third kappa shape index (κ3) is 3.02. The molecule has 0 radical (unpaired) electrons. The van der Waals surface area contributed by atoms with Crippen molar-refractivity contribution >= 4 is 29.1 Å². The normalized spacial score (nSPS) is 23.4. The van der Waals surface area contributed by atoms with Gasteiger partial charge in [-0.3, -0.25) is 9.59 Å². The lowest BCUT2D eigenvalue weighted by Crippen LogP contribution is -2.58. The summed E-state index contributed by atoms with van der Waals surface area (Å²) in [5, 5.41) is 17.8. The predicted molar refractivity (Wildman–Crippen MR) is 135 cm³/mol. The molecular weight excluding hydrogens is 516 g/mol. The molecule has 12 heteroatoms. The lowest BCUT2D eigenvalue weighted by Gasteiger charge is -2.41. The first-order valence-corrected chi connectivity index (χ1v) is 12.1. The average Bonchev–Trinajstić information content (AvgIpc) is 3.50. The number of hydrogen-bond donors (Lipinski definition) is 2. The number of aromatic nitrogens is 3. The number of fused-ring (bicyclic) bond motifs is 2. The highest BCUT2D eigenvalue weighted by Crippen LogP contribution is 2.55. The lowest BCUT2D eigenvalue weighted by molar-refractivity contribution is -0.130. The molecule has 3 atom stereocenters. The summed E-state index contributed by atoms with van der Waals surface area (Å²) < 4.78 is 24.0. The van der Waals surface area contributed by atoms with E-state index < -0.39 is 29.1 Å². The van der Waals surface area contributed by atoms with Crippen LogP contribution in [0.1, 0.15) is 35.3 Å². The van der Waals surface area contributed by atoms with Gasteiger partial charge in [-0.25, -0.2) is 4.68 Å². The van der Waals surface area contributed by atoms with Gasteiger partial charge in [-0.1, -0.05) is 24.6 Å². The quantitative estimate of drug-likeness (QED) is 0.475. The van der Waals surface area contributed by atoms with Crippen LogP contribution in [-0.4, -0.2) is 58.4 Å². The summed E-state index contributed by atoms with van der Waals surface area (Å²) in [7, 11) is 4.29. The molecule has 0 fully saturated rings. The zero-order valence-electron chi connectivity index (χ0n) is 20.9. The van der Waals surface area contributed by atoms with Crippen LogP contribution in [0.15, 0.2) is 41.9 Å². The second-order valence-corrected chi connectivity index (χ2v) is 9.66. The van der Waals surface area contributed by atoms with Gasteiger partial charge in [0.25, 0.3) is 0 Å². The molecule has 3 aliphatic rings. The number of phenols is 1. The molecule has 0 unspecified atom stereocenters. The van der Waals surface area contributed by atoms with Crippen LogP contribution in [0.4, 0.5) is 5.95 Å². The topological polar surface area (TPSA) is 134 Å². The number of allylic oxidation sites excluding steroid dienone is 1. The lowest BCUT2D eigenvalue weighted by atomic mass is 9.69. The number of ketones is 2. The van der Waals surface area contributed by atoms with E-state index in [1.54, 1.807) is 23.7 Å². The zero-order valence-corrected chi connectivity index (χ0v) is 21.6. The number of aromatic hydroxyl groups is 1. The van der Waals surface area contributed by atoms with Crippen molar-refractivity contribution < 1.29 is 33.6 Å². The molecule has 196 valence electrons. The number of hydrogen-bond acceptors (Lipinski definition) is 10. The van der Waals surface area contributed by atoms with E-state index in [1.165, 1.54) is 39.8 Å². The highest BCUT2D eigenvalue weighted by atomic mass is 35.5. The maximum Gasteiger partial charge on any atom is 0.236 e. The Morgan fingerprint density at radius 2 is 1.84 bits per heavy atom. The third-order valence-electron chi connectivity index (χ3n) is 7.40. The summed E-state index contributed by atoms with van der Waals surface area (Å²) in [6.07, 6.45) is 1.68. The van der Waals surface area contributed by atoms with Crippen LogP contribution in [0.3, 0.4) is 0 Å².